The van der Waals surface area contributed by atoms with Gasteiger partial charge in [0.05, 0.1) is 0 Å². The van der Waals surface area contributed by atoms with Crippen molar-refractivity contribution in [3.05, 3.63) is 34.4 Å². The normalized spacial score (nSPS) is 22.5. The van der Waals surface area contributed by atoms with E-state index in [1.54, 1.807) is 11.9 Å². The Morgan fingerprint density at radius 1 is 1.55 bits per heavy atom. The van der Waals surface area contributed by atoms with Gasteiger partial charge >= 0.3 is 0 Å². The quantitative estimate of drug-likeness (QED) is 0.554. The van der Waals surface area contributed by atoms with E-state index < -0.39 is 0 Å². The number of rotatable bonds is 0. The van der Waals surface area contributed by atoms with Crippen molar-refractivity contribution in [1.82, 2.24) is 4.72 Å². The van der Waals surface area contributed by atoms with E-state index in [0.717, 1.165) is 0 Å². The van der Waals surface area contributed by atoms with Crippen LogP contribution in [0.1, 0.15) is 19.8 Å². The fourth-order valence-corrected chi connectivity index (χ4v) is 2.11. The first-order valence-corrected chi connectivity index (χ1v) is 4.69. The van der Waals surface area contributed by atoms with Crippen molar-refractivity contribution in [1.29, 1.82) is 0 Å². The fourth-order valence-electron chi connectivity index (χ4n) is 1.33. The van der Waals surface area contributed by atoms with Crippen LogP contribution in [0.25, 0.3) is 0 Å². The van der Waals surface area contributed by atoms with Crippen molar-refractivity contribution in [3.8, 4) is 0 Å². The van der Waals surface area contributed by atoms with Crippen LogP contribution in [0, 0.1) is 0 Å². The number of allylic oxidation sites excluding steroid dienone is 5. The summed E-state index contributed by atoms with van der Waals surface area (Å²) in [5.41, 5.74) is 2.76. The predicted molar refractivity (Wildman–Crippen MR) is 49.9 cm³/mol. The zero-order chi connectivity index (χ0) is 7.68. The average Bonchev–Trinajstić information content (AvgIpc) is 2.04. The van der Waals surface area contributed by atoms with Gasteiger partial charge in [-0.1, -0.05) is 12.2 Å². The summed E-state index contributed by atoms with van der Waals surface area (Å²) in [5.74, 6) is 0. The van der Waals surface area contributed by atoms with E-state index in [0.29, 0.717) is 0 Å². The third kappa shape index (κ3) is 1.36. The summed E-state index contributed by atoms with van der Waals surface area (Å²) < 4.78 is 3.25. The van der Waals surface area contributed by atoms with Gasteiger partial charge in [-0.25, -0.2) is 0 Å². The van der Waals surface area contributed by atoms with E-state index >= 15 is 0 Å². The lowest BCUT2D eigenvalue weighted by atomic mass is 10.0. The molecule has 0 saturated heterocycles. The summed E-state index contributed by atoms with van der Waals surface area (Å²) in [6.45, 7) is 2.11. The Morgan fingerprint density at radius 2 is 2.45 bits per heavy atom. The smallest absolute Gasteiger partial charge is 0.0314 e. The van der Waals surface area contributed by atoms with Gasteiger partial charge in [-0.2, -0.15) is 0 Å². The molecule has 1 nitrogen and oxygen atoms in total. The Balaban J connectivity index is 2.33. The minimum absolute atomic E-state index is 1.20. The van der Waals surface area contributed by atoms with Gasteiger partial charge in [0.2, 0.25) is 0 Å². The molecule has 1 aliphatic carbocycles. The van der Waals surface area contributed by atoms with Crippen LogP contribution >= 0.6 is 11.9 Å². The highest BCUT2D eigenvalue weighted by molar-refractivity contribution is 8.01. The molecule has 0 spiro atoms. The second-order valence-corrected chi connectivity index (χ2v) is 3.71. The van der Waals surface area contributed by atoms with Crippen LogP contribution < -0.4 is 4.72 Å². The molecule has 0 aromatic carbocycles. The van der Waals surface area contributed by atoms with Crippen molar-refractivity contribution in [3.63, 3.8) is 0 Å². The van der Waals surface area contributed by atoms with Gasteiger partial charge in [0.25, 0.3) is 0 Å². The summed E-state index contributed by atoms with van der Waals surface area (Å²) in [6.07, 6.45) is 9.10. The summed E-state index contributed by atoms with van der Waals surface area (Å²) in [6, 6.07) is 0. The minimum atomic E-state index is 1.20. The maximum absolute atomic E-state index is 3.25. The molecule has 0 bridgehead atoms. The van der Waals surface area contributed by atoms with Crippen LogP contribution in [0.4, 0.5) is 0 Å². The van der Waals surface area contributed by atoms with Gasteiger partial charge in [-0.15, -0.1) is 0 Å². The number of hydrogen-bond donors (Lipinski definition) is 1. The van der Waals surface area contributed by atoms with E-state index in [1.165, 1.54) is 29.0 Å². The lowest BCUT2D eigenvalue weighted by molar-refractivity contribution is 0.971. The molecular weight excluding hydrogens is 154 g/mol. The summed E-state index contributed by atoms with van der Waals surface area (Å²) in [5, 5.41) is 0. The van der Waals surface area contributed by atoms with E-state index in [1.807, 2.05) is 0 Å². The first-order valence-electron chi connectivity index (χ1n) is 3.87. The molecule has 0 radical (unpaired) electrons. The molecule has 58 valence electrons. The Labute approximate surface area is 71.4 Å². The van der Waals surface area contributed by atoms with Gasteiger partial charge in [-0.3, -0.25) is 0 Å². The molecule has 0 aromatic rings. The molecule has 0 saturated carbocycles. The first-order chi connectivity index (χ1) is 5.36. The Kier molecular flexibility index (Phi) is 1.78. The maximum atomic E-state index is 3.25. The molecule has 0 atom stereocenters. The molecular formula is C9H11NS. The lowest BCUT2D eigenvalue weighted by Gasteiger charge is -2.19. The fraction of sp³-hybridized carbons (Fsp3) is 0.333. The summed E-state index contributed by atoms with van der Waals surface area (Å²) >= 11 is 1.73. The van der Waals surface area contributed by atoms with E-state index in [9.17, 15) is 0 Å². The molecule has 0 amide bonds. The third-order valence-corrected chi connectivity index (χ3v) is 2.92. The van der Waals surface area contributed by atoms with Gasteiger partial charge < -0.3 is 4.72 Å². The molecule has 0 aromatic heterocycles. The molecule has 11 heavy (non-hydrogen) atoms. The minimum Gasteiger partial charge on any atom is -0.330 e. The monoisotopic (exact) mass is 165 g/mol. The number of hydrogen-bond acceptors (Lipinski definition) is 2. The first kappa shape index (κ1) is 7.04. The molecule has 2 heteroatoms. The van der Waals surface area contributed by atoms with Gasteiger partial charge in [0.1, 0.15) is 0 Å². The second kappa shape index (κ2) is 2.78. The van der Waals surface area contributed by atoms with Crippen molar-refractivity contribution in [2.24, 2.45) is 0 Å². The van der Waals surface area contributed by atoms with Crippen molar-refractivity contribution < 1.29 is 0 Å². The molecule has 0 fully saturated rings. The third-order valence-electron chi connectivity index (χ3n) is 1.88. The second-order valence-electron chi connectivity index (χ2n) is 2.86. The topological polar surface area (TPSA) is 12.0 Å². The predicted octanol–water partition coefficient (Wildman–Crippen LogP) is 2.75. The van der Waals surface area contributed by atoms with Crippen LogP contribution in [0.15, 0.2) is 34.4 Å². The van der Waals surface area contributed by atoms with Crippen LogP contribution in [-0.2, 0) is 0 Å². The van der Waals surface area contributed by atoms with Crippen LogP contribution in [0.2, 0.25) is 0 Å². The highest BCUT2D eigenvalue weighted by atomic mass is 32.2. The van der Waals surface area contributed by atoms with Crippen molar-refractivity contribution in [2.45, 2.75) is 19.8 Å². The van der Waals surface area contributed by atoms with E-state index in [2.05, 4.69) is 29.9 Å². The van der Waals surface area contributed by atoms with Crippen LogP contribution in [0.3, 0.4) is 0 Å². The average molecular weight is 165 g/mol. The largest absolute Gasteiger partial charge is 0.330 e. The van der Waals surface area contributed by atoms with Crippen LogP contribution in [-0.4, -0.2) is 0 Å². The Bertz CT molecular complexity index is 261. The summed E-state index contributed by atoms with van der Waals surface area (Å²) in [4.78, 5) is 1.39. The molecule has 1 N–H and O–H groups in total. The van der Waals surface area contributed by atoms with Gasteiger partial charge in [0, 0.05) is 10.6 Å². The van der Waals surface area contributed by atoms with Crippen molar-refractivity contribution in [2.75, 3.05) is 0 Å². The highest BCUT2D eigenvalue weighted by Gasteiger charge is 2.11. The van der Waals surface area contributed by atoms with Crippen molar-refractivity contribution >= 4 is 11.9 Å². The van der Waals surface area contributed by atoms with Gasteiger partial charge in [-0.05, 0) is 43.4 Å². The van der Waals surface area contributed by atoms with E-state index in [4.69, 9.17) is 0 Å². The summed E-state index contributed by atoms with van der Waals surface area (Å²) in [7, 11) is 0. The van der Waals surface area contributed by atoms with E-state index in [-0.39, 0.29) is 0 Å². The SMILES string of the molecule is CC1=CC2=C(C=CCC2)SN1. The molecule has 1 aliphatic heterocycles. The maximum Gasteiger partial charge on any atom is 0.0314 e. The molecule has 0 unspecified atom stereocenters. The standard InChI is InChI=1S/C9H11NS/c1-7-6-8-4-2-3-5-9(8)11-10-7/h3,5-6,10H,2,4H2,1H3. The molecule has 1 heterocycles. The zero-order valence-corrected chi connectivity index (χ0v) is 7.37. The molecule has 2 aliphatic rings. The molecule has 2 rings (SSSR count). The number of nitrogens with one attached hydrogen (secondary N) is 1. The zero-order valence-electron chi connectivity index (χ0n) is 6.55. The Hall–Kier alpha value is -0.630. The Morgan fingerprint density at radius 3 is 3.36 bits per heavy atom. The highest BCUT2D eigenvalue weighted by Crippen LogP contribution is 2.31. The van der Waals surface area contributed by atoms with Crippen LogP contribution in [0.5, 0.6) is 0 Å². The van der Waals surface area contributed by atoms with Gasteiger partial charge in [0.15, 0.2) is 0 Å². The lowest BCUT2D eigenvalue weighted by Crippen LogP contribution is -2.07.